The van der Waals surface area contributed by atoms with Gasteiger partial charge in [0.25, 0.3) is 0 Å². The lowest BCUT2D eigenvalue weighted by atomic mass is 9.56. The molecule has 0 bridgehead atoms. The van der Waals surface area contributed by atoms with Gasteiger partial charge in [-0.15, -0.1) is 0 Å². The van der Waals surface area contributed by atoms with Crippen LogP contribution in [0.2, 0.25) is 0 Å². The molecule has 0 saturated carbocycles. The first-order valence-corrected chi connectivity index (χ1v) is 13.1. The number of carbonyl (C=O) groups is 4. The topological polar surface area (TPSA) is 125 Å². The smallest absolute Gasteiger partial charge is 0.312 e. The van der Waals surface area contributed by atoms with Crippen molar-refractivity contribution < 1.29 is 43.2 Å². The lowest BCUT2D eigenvalue weighted by Crippen LogP contribution is -2.65. The van der Waals surface area contributed by atoms with Gasteiger partial charge in [0.2, 0.25) is 0 Å². The highest BCUT2D eigenvalue weighted by atomic mass is 16.6. The highest BCUT2D eigenvalue weighted by Gasteiger charge is 2.67. The van der Waals surface area contributed by atoms with E-state index in [0.29, 0.717) is 25.7 Å². The molecule has 3 aliphatic rings. The number of ether oxygens (including phenoxy) is 4. The fourth-order valence-corrected chi connectivity index (χ4v) is 6.27. The highest BCUT2D eigenvalue weighted by molar-refractivity contribution is 5.78. The van der Waals surface area contributed by atoms with Crippen LogP contribution in [-0.4, -0.2) is 59.0 Å². The van der Waals surface area contributed by atoms with E-state index in [2.05, 4.69) is 0 Å². The summed E-state index contributed by atoms with van der Waals surface area (Å²) in [6.07, 6.45) is 1.85. The Labute approximate surface area is 218 Å². The van der Waals surface area contributed by atoms with E-state index in [1.807, 2.05) is 33.8 Å². The Kier molecular flexibility index (Phi) is 8.57. The van der Waals surface area contributed by atoms with E-state index in [4.69, 9.17) is 18.9 Å². The fourth-order valence-electron chi connectivity index (χ4n) is 6.27. The molecule has 1 fully saturated rings. The Hall–Kier alpha value is -2.68. The van der Waals surface area contributed by atoms with Crippen molar-refractivity contribution in [3.8, 4) is 0 Å². The minimum absolute atomic E-state index is 0.220. The normalized spacial score (nSPS) is 39.1. The molecule has 9 nitrogen and oxygen atoms in total. The van der Waals surface area contributed by atoms with Crippen LogP contribution >= 0.6 is 0 Å². The summed E-state index contributed by atoms with van der Waals surface area (Å²) in [6.45, 7) is 11.5. The second kappa shape index (κ2) is 11.0. The van der Waals surface area contributed by atoms with Crippen molar-refractivity contribution in [2.75, 3.05) is 0 Å². The van der Waals surface area contributed by atoms with Gasteiger partial charge in [0.15, 0.2) is 11.7 Å². The lowest BCUT2D eigenvalue weighted by Gasteiger charge is -2.54. The number of hydrogen-bond donors (Lipinski definition) is 1. The van der Waals surface area contributed by atoms with Crippen molar-refractivity contribution in [2.24, 2.45) is 17.3 Å². The number of rotatable bonds is 5. The van der Waals surface area contributed by atoms with Crippen LogP contribution in [0.5, 0.6) is 0 Å². The summed E-state index contributed by atoms with van der Waals surface area (Å²) >= 11 is 0. The molecule has 1 saturated heterocycles. The molecule has 0 aromatic carbocycles. The van der Waals surface area contributed by atoms with E-state index in [0.717, 1.165) is 11.1 Å². The zero-order chi connectivity index (χ0) is 27.7. The van der Waals surface area contributed by atoms with Crippen LogP contribution < -0.4 is 0 Å². The van der Waals surface area contributed by atoms with Crippen LogP contribution in [0.3, 0.4) is 0 Å². The third-order valence-corrected chi connectivity index (χ3v) is 8.27. The Morgan fingerprint density at radius 1 is 1.11 bits per heavy atom. The van der Waals surface area contributed by atoms with Gasteiger partial charge < -0.3 is 24.1 Å². The standard InChI is InChI=1S/C28H40O9/c1-8-9-23(31)36-21-12-10-15(2)14-22-28(33,17(4)26(32)37-22)25(35-19(6)30)24-16(3)11-13-20(27(21,24)7)34-18(5)29/h11,14,17,20-22,24-25,33H,8-10,12-13H2,1-7H3/b15-14-/t17-,20-,21-,22-,24+,25+,27+,28+/m0/s1. The molecule has 1 N–H and O–H groups in total. The predicted octanol–water partition coefficient (Wildman–Crippen LogP) is 3.57. The van der Waals surface area contributed by atoms with Gasteiger partial charge in [-0.1, -0.05) is 31.1 Å². The van der Waals surface area contributed by atoms with E-state index < -0.39 is 65.2 Å². The van der Waals surface area contributed by atoms with Crippen LogP contribution in [0.15, 0.2) is 23.3 Å². The van der Waals surface area contributed by atoms with Gasteiger partial charge in [0.05, 0.1) is 11.3 Å². The Balaban J connectivity index is 2.32. The molecule has 0 radical (unpaired) electrons. The molecule has 0 spiro atoms. The molecular formula is C28H40O9. The number of fused-ring (bicyclic) bond motifs is 2. The maximum absolute atomic E-state index is 12.8. The molecule has 1 aliphatic heterocycles. The van der Waals surface area contributed by atoms with Crippen molar-refractivity contribution in [3.63, 3.8) is 0 Å². The van der Waals surface area contributed by atoms with Crippen LogP contribution in [0.25, 0.3) is 0 Å². The van der Waals surface area contributed by atoms with Gasteiger partial charge in [-0.3, -0.25) is 19.2 Å². The summed E-state index contributed by atoms with van der Waals surface area (Å²) in [6, 6.07) is 0. The second-order valence-electron chi connectivity index (χ2n) is 10.9. The average molecular weight is 521 g/mol. The SMILES string of the molecule is CCCC(=O)O[C@H]1CC/C(C)=C\[C@@H]2OC(=O)[C@H](C)[C@]2(O)[C@H](OC(C)=O)[C@H]2C(C)=CC[C@H](OC(C)=O)[C@]12C. The molecule has 37 heavy (non-hydrogen) atoms. The zero-order valence-electron chi connectivity index (χ0n) is 22.9. The Morgan fingerprint density at radius 2 is 1.76 bits per heavy atom. The molecular weight excluding hydrogens is 480 g/mol. The van der Waals surface area contributed by atoms with Gasteiger partial charge in [0.1, 0.15) is 18.3 Å². The summed E-state index contributed by atoms with van der Waals surface area (Å²) in [5.41, 5.74) is -1.43. The van der Waals surface area contributed by atoms with Gasteiger partial charge >= 0.3 is 23.9 Å². The molecule has 0 unspecified atom stereocenters. The summed E-state index contributed by atoms with van der Waals surface area (Å²) < 4.78 is 23.4. The maximum Gasteiger partial charge on any atom is 0.312 e. The molecule has 9 heteroatoms. The number of aliphatic hydroxyl groups is 1. The van der Waals surface area contributed by atoms with E-state index in [-0.39, 0.29) is 12.4 Å². The quantitative estimate of drug-likeness (QED) is 0.329. The van der Waals surface area contributed by atoms with Crippen LogP contribution in [-0.2, 0) is 38.1 Å². The van der Waals surface area contributed by atoms with E-state index in [9.17, 15) is 24.3 Å². The monoisotopic (exact) mass is 520 g/mol. The van der Waals surface area contributed by atoms with Crippen LogP contribution in [0.4, 0.5) is 0 Å². The average Bonchev–Trinajstić information content (AvgIpc) is 3.01. The largest absolute Gasteiger partial charge is 0.462 e. The number of carbonyl (C=O) groups excluding carboxylic acids is 4. The van der Waals surface area contributed by atoms with E-state index in [1.165, 1.54) is 13.8 Å². The van der Waals surface area contributed by atoms with Gasteiger partial charge in [-0.25, -0.2) is 0 Å². The molecule has 206 valence electrons. The van der Waals surface area contributed by atoms with Crippen LogP contribution in [0.1, 0.15) is 80.6 Å². The number of hydrogen-bond acceptors (Lipinski definition) is 9. The van der Waals surface area contributed by atoms with Crippen molar-refractivity contribution in [1.82, 2.24) is 0 Å². The minimum Gasteiger partial charge on any atom is -0.462 e. The summed E-state index contributed by atoms with van der Waals surface area (Å²) in [7, 11) is 0. The van der Waals surface area contributed by atoms with Gasteiger partial charge in [-0.05, 0) is 46.1 Å². The summed E-state index contributed by atoms with van der Waals surface area (Å²) in [4.78, 5) is 50.3. The first kappa shape index (κ1) is 28.9. The third kappa shape index (κ3) is 5.33. The van der Waals surface area contributed by atoms with Crippen molar-refractivity contribution in [3.05, 3.63) is 23.3 Å². The molecule has 8 atom stereocenters. The van der Waals surface area contributed by atoms with E-state index >= 15 is 0 Å². The van der Waals surface area contributed by atoms with Crippen molar-refractivity contribution >= 4 is 23.9 Å². The fraction of sp³-hybridized carbons (Fsp3) is 0.714. The second-order valence-corrected chi connectivity index (χ2v) is 10.9. The number of esters is 4. The van der Waals surface area contributed by atoms with Crippen molar-refractivity contribution in [2.45, 2.75) is 111 Å². The van der Waals surface area contributed by atoms with E-state index in [1.54, 1.807) is 13.0 Å². The molecule has 0 aromatic heterocycles. The number of allylic oxidation sites excluding steroid dienone is 1. The Bertz CT molecular complexity index is 998. The predicted molar refractivity (Wildman–Crippen MR) is 133 cm³/mol. The molecule has 3 rings (SSSR count). The first-order valence-electron chi connectivity index (χ1n) is 13.1. The third-order valence-electron chi connectivity index (χ3n) is 8.27. The maximum atomic E-state index is 12.8. The Morgan fingerprint density at radius 3 is 2.35 bits per heavy atom. The molecule has 1 heterocycles. The summed E-state index contributed by atoms with van der Waals surface area (Å²) in [5.74, 6) is -3.91. The van der Waals surface area contributed by atoms with Crippen LogP contribution in [0, 0.1) is 17.3 Å². The highest BCUT2D eigenvalue weighted by Crippen LogP contribution is 2.55. The van der Waals surface area contributed by atoms with Gasteiger partial charge in [0, 0.05) is 32.6 Å². The molecule has 2 aliphatic carbocycles. The lowest BCUT2D eigenvalue weighted by molar-refractivity contribution is -0.216. The van der Waals surface area contributed by atoms with Gasteiger partial charge in [-0.2, -0.15) is 0 Å². The summed E-state index contributed by atoms with van der Waals surface area (Å²) in [5, 5.41) is 12.3. The zero-order valence-corrected chi connectivity index (χ0v) is 22.9. The first-order chi connectivity index (χ1) is 17.3. The van der Waals surface area contributed by atoms with Crippen molar-refractivity contribution in [1.29, 1.82) is 0 Å². The molecule has 0 aromatic rings. The molecule has 0 amide bonds. The minimum atomic E-state index is -1.92.